The first-order valence-electron chi connectivity index (χ1n) is 7.32. The Hall–Kier alpha value is -2.83. The van der Waals surface area contributed by atoms with Gasteiger partial charge in [-0.2, -0.15) is 0 Å². The summed E-state index contributed by atoms with van der Waals surface area (Å²) in [6.45, 7) is 0. The van der Waals surface area contributed by atoms with E-state index >= 15 is 0 Å². The van der Waals surface area contributed by atoms with E-state index in [-0.39, 0.29) is 6.10 Å². The zero-order valence-electron chi connectivity index (χ0n) is 12.5. The summed E-state index contributed by atoms with van der Waals surface area (Å²) in [4.78, 5) is 33.3. The van der Waals surface area contributed by atoms with Crippen molar-refractivity contribution in [2.24, 2.45) is 0 Å². The highest BCUT2D eigenvalue weighted by Gasteiger charge is 2.16. The number of carboxylic acids is 1. The summed E-state index contributed by atoms with van der Waals surface area (Å²) < 4.78 is 5.80. The Morgan fingerprint density at radius 2 is 1.70 bits per heavy atom. The molecule has 1 aromatic rings. The highest BCUT2D eigenvalue weighted by Crippen LogP contribution is 2.24. The van der Waals surface area contributed by atoms with Crippen molar-refractivity contribution in [3.63, 3.8) is 0 Å². The Labute approximate surface area is 133 Å². The van der Waals surface area contributed by atoms with E-state index in [4.69, 9.17) is 9.84 Å². The number of carbonyl (C=O) groups excluding carboxylic acids is 2. The Balaban J connectivity index is 1.82. The van der Waals surface area contributed by atoms with Crippen molar-refractivity contribution in [1.82, 2.24) is 10.9 Å². The number of nitrogens with one attached hydrogen (secondary N) is 2. The standard InChI is InChI=1S/C16H18N2O5/c19-14(9-10-15(20)21)17-18-16(22)11-5-7-13(8-6-11)23-12-3-1-2-4-12/h5-10,12H,1-4H2,(H,17,19)(H,18,22)(H,20,21)/b10-9-. The van der Waals surface area contributed by atoms with Crippen LogP contribution in [0.3, 0.4) is 0 Å². The van der Waals surface area contributed by atoms with Crippen molar-refractivity contribution in [2.45, 2.75) is 31.8 Å². The fourth-order valence-corrected chi connectivity index (χ4v) is 2.26. The summed E-state index contributed by atoms with van der Waals surface area (Å²) in [5.41, 5.74) is 4.63. The van der Waals surface area contributed by atoms with E-state index < -0.39 is 17.8 Å². The molecule has 3 N–H and O–H groups in total. The van der Waals surface area contributed by atoms with E-state index in [1.54, 1.807) is 24.3 Å². The van der Waals surface area contributed by atoms with Gasteiger partial charge in [0.25, 0.3) is 11.8 Å². The Bertz CT molecular complexity index is 603. The number of amides is 2. The summed E-state index contributed by atoms with van der Waals surface area (Å²) in [5, 5.41) is 8.38. The van der Waals surface area contributed by atoms with E-state index in [1.807, 2.05) is 0 Å². The third-order valence-electron chi connectivity index (χ3n) is 3.40. The van der Waals surface area contributed by atoms with Crippen LogP contribution >= 0.6 is 0 Å². The average Bonchev–Trinajstić information content (AvgIpc) is 3.04. The molecule has 1 saturated carbocycles. The van der Waals surface area contributed by atoms with Crippen molar-refractivity contribution < 1.29 is 24.2 Å². The van der Waals surface area contributed by atoms with Gasteiger partial charge in [-0.05, 0) is 49.9 Å². The molecule has 0 radical (unpaired) electrons. The molecule has 0 unspecified atom stereocenters. The lowest BCUT2D eigenvalue weighted by molar-refractivity contribution is -0.131. The molecule has 0 saturated heterocycles. The van der Waals surface area contributed by atoms with Crippen molar-refractivity contribution >= 4 is 17.8 Å². The second kappa shape index (κ2) is 7.98. The van der Waals surface area contributed by atoms with Crippen LogP contribution in [0.4, 0.5) is 0 Å². The van der Waals surface area contributed by atoms with Gasteiger partial charge in [-0.3, -0.25) is 20.4 Å². The van der Waals surface area contributed by atoms with Gasteiger partial charge in [0.1, 0.15) is 5.75 Å². The van der Waals surface area contributed by atoms with Crippen LogP contribution in [-0.2, 0) is 9.59 Å². The molecule has 0 bridgehead atoms. The average molecular weight is 318 g/mol. The monoisotopic (exact) mass is 318 g/mol. The zero-order valence-corrected chi connectivity index (χ0v) is 12.5. The number of hydrogen-bond acceptors (Lipinski definition) is 4. The minimum atomic E-state index is -1.25. The van der Waals surface area contributed by atoms with Crippen LogP contribution < -0.4 is 15.6 Å². The van der Waals surface area contributed by atoms with Gasteiger partial charge in [0.05, 0.1) is 6.10 Å². The molecule has 2 rings (SSSR count). The summed E-state index contributed by atoms with van der Waals surface area (Å²) in [7, 11) is 0. The number of rotatable bonds is 5. The van der Waals surface area contributed by atoms with E-state index in [2.05, 4.69) is 10.9 Å². The summed E-state index contributed by atoms with van der Waals surface area (Å²) in [6, 6.07) is 6.61. The maximum Gasteiger partial charge on any atom is 0.328 e. The van der Waals surface area contributed by atoms with Gasteiger partial charge in [0.2, 0.25) is 0 Å². The molecular formula is C16H18N2O5. The molecule has 0 aromatic heterocycles. The first-order valence-corrected chi connectivity index (χ1v) is 7.32. The molecule has 7 nitrogen and oxygen atoms in total. The lowest BCUT2D eigenvalue weighted by atomic mass is 10.2. The lowest BCUT2D eigenvalue weighted by Gasteiger charge is -2.13. The van der Waals surface area contributed by atoms with Gasteiger partial charge in [-0.1, -0.05) is 0 Å². The number of ether oxygens (including phenoxy) is 1. The van der Waals surface area contributed by atoms with Crippen molar-refractivity contribution in [1.29, 1.82) is 0 Å². The predicted molar refractivity (Wildman–Crippen MR) is 81.7 cm³/mol. The SMILES string of the molecule is O=C(O)/C=C\C(=O)NNC(=O)c1ccc(OC2CCCC2)cc1. The highest BCUT2D eigenvalue weighted by atomic mass is 16.5. The van der Waals surface area contributed by atoms with Crippen molar-refractivity contribution in [3.8, 4) is 5.75 Å². The molecule has 1 aromatic carbocycles. The van der Waals surface area contributed by atoms with Crippen LogP contribution in [-0.4, -0.2) is 29.0 Å². The van der Waals surface area contributed by atoms with Gasteiger partial charge < -0.3 is 9.84 Å². The molecule has 0 spiro atoms. The molecule has 1 aliphatic rings. The molecule has 0 atom stereocenters. The zero-order chi connectivity index (χ0) is 16.7. The number of hydrogen-bond donors (Lipinski definition) is 3. The summed E-state index contributed by atoms with van der Waals surface area (Å²) in [6.07, 6.45) is 6.20. The van der Waals surface area contributed by atoms with Crippen LogP contribution in [0.15, 0.2) is 36.4 Å². The van der Waals surface area contributed by atoms with Crippen LogP contribution in [0.1, 0.15) is 36.0 Å². The minimum absolute atomic E-state index is 0.245. The van der Waals surface area contributed by atoms with E-state index in [0.29, 0.717) is 17.4 Å². The molecule has 1 aliphatic carbocycles. The van der Waals surface area contributed by atoms with Crippen molar-refractivity contribution in [2.75, 3.05) is 0 Å². The van der Waals surface area contributed by atoms with Gasteiger partial charge >= 0.3 is 5.97 Å². The van der Waals surface area contributed by atoms with Crippen LogP contribution in [0.2, 0.25) is 0 Å². The van der Waals surface area contributed by atoms with Crippen molar-refractivity contribution in [3.05, 3.63) is 42.0 Å². The van der Waals surface area contributed by atoms with E-state index in [1.165, 1.54) is 12.8 Å². The first-order chi connectivity index (χ1) is 11.0. The minimum Gasteiger partial charge on any atom is -0.490 e. The Morgan fingerprint density at radius 3 is 2.30 bits per heavy atom. The van der Waals surface area contributed by atoms with Gasteiger partial charge in [-0.25, -0.2) is 4.79 Å². The summed E-state index contributed by atoms with van der Waals surface area (Å²) in [5.74, 6) is -1.78. The second-order valence-corrected chi connectivity index (χ2v) is 5.16. The smallest absolute Gasteiger partial charge is 0.328 e. The Kier molecular flexibility index (Phi) is 5.74. The third kappa shape index (κ3) is 5.46. The topological polar surface area (TPSA) is 105 Å². The summed E-state index contributed by atoms with van der Waals surface area (Å²) >= 11 is 0. The van der Waals surface area contributed by atoms with Crippen LogP contribution in [0.25, 0.3) is 0 Å². The molecule has 122 valence electrons. The highest BCUT2D eigenvalue weighted by molar-refractivity contribution is 5.98. The maximum atomic E-state index is 11.8. The predicted octanol–water partition coefficient (Wildman–Crippen LogP) is 1.41. The van der Waals surface area contributed by atoms with Gasteiger partial charge in [0.15, 0.2) is 0 Å². The van der Waals surface area contributed by atoms with E-state index in [0.717, 1.165) is 18.9 Å². The molecule has 0 heterocycles. The lowest BCUT2D eigenvalue weighted by Crippen LogP contribution is -2.40. The molecule has 7 heteroatoms. The third-order valence-corrected chi connectivity index (χ3v) is 3.40. The Morgan fingerprint density at radius 1 is 1.04 bits per heavy atom. The molecule has 0 aliphatic heterocycles. The molecule has 1 fully saturated rings. The van der Waals surface area contributed by atoms with E-state index in [9.17, 15) is 14.4 Å². The number of aliphatic carboxylic acids is 1. The second-order valence-electron chi connectivity index (χ2n) is 5.16. The molecule has 23 heavy (non-hydrogen) atoms. The van der Waals surface area contributed by atoms with Gasteiger partial charge in [-0.15, -0.1) is 0 Å². The fourth-order valence-electron chi connectivity index (χ4n) is 2.26. The number of carboxylic acid groups (broad SMARTS) is 1. The maximum absolute atomic E-state index is 11.8. The quantitative estimate of drug-likeness (QED) is 0.562. The fraction of sp³-hybridized carbons (Fsp3) is 0.312. The van der Waals surface area contributed by atoms with Gasteiger partial charge in [0, 0.05) is 17.7 Å². The van der Waals surface area contributed by atoms with Crippen LogP contribution in [0, 0.1) is 0 Å². The molecule has 2 amide bonds. The normalized spacial score (nSPS) is 14.6. The largest absolute Gasteiger partial charge is 0.490 e. The number of carbonyl (C=O) groups is 3. The first kappa shape index (κ1) is 16.5. The number of benzene rings is 1. The van der Waals surface area contributed by atoms with Crippen LogP contribution in [0.5, 0.6) is 5.75 Å². The number of hydrazine groups is 1. The molecular weight excluding hydrogens is 300 g/mol.